The number of H-pyrrole nitrogens is 1. The third-order valence-electron chi connectivity index (χ3n) is 4.29. The molecular formula is C21H13FN2O3. The second-order valence-corrected chi connectivity index (χ2v) is 5.92. The van der Waals surface area contributed by atoms with Gasteiger partial charge in [-0.25, -0.2) is 4.39 Å². The maximum absolute atomic E-state index is 13.3. The number of Topliss-reactive ketones (excluding diaryl/α,β-unsaturated/α-hetero) is 1. The lowest BCUT2D eigenvalue weighted by atomic mass is 10.0. The molecule has 0 amide bonds. The van der Waals surface area contributed by atoms with Crippen molar-refractivity contribution in [2.45, 2.75) is 0 Å². The molecule has 0 fully saturated rings. The Bertz CT molecular complexity index is 1260. The summed E-state index contributed by atoms with van der Waals surface area (Å²) in [6.07, 6.45) is 2.86. The van der Waals surface area contributed by atoms with Crippen LogP contribution in [0.25, 0.3) is 27.9 Å². The van der Waals surface area contributed by atoms with E-state index in [1.807, 2.05) is 18.2 Å². The first-order valence-electron chi connectivity index (χ1n) is 8.10. The first-order valence-corrected chi connectivity index (χ1v) is 8.10. The molecule has 2 aromatic carbocycles. The highest BCUT2D eigenvalue weighted by Gasteiger charge is 2.18. The van der Waals surface area contributed by atoms with Gasteiger partial charge < -0.3 is 14.1 Å². The number of ketones is 1. The van der Waals surface area contributed by atoms with E-state index in [2.05, 4.69) is 4.98 Å². The average molecular weight is 360 g/mol. The Hall–Kier alpha value is -3.85. The number of hydrogen-bond acceptors (Lipinski definition) is 4. The quantitative estimate of drug-likeness (QED) is 0.320. The van der Waals surface area contributed by atoms with Crippen LogP contribution in [0.2, 0.25) is 0 Å². The Morgan fingerprint density at radius 3 is 2.93 bits per heavy atom. The molecule has 0 atom stereocenters. The number of nitrogens with one attached hydrogen (secondary N) is 1. The minimum absolute atomic E-state index is 0.0850. The van der Waals surface area contributed by atoms with Gasteiger partial charge in [-0.1, -0.05) is 12.1 Å². The normalized spacial score (nSPS) is 11.7. The molecule has 1 N–H and O–H groups in total. The molecule has 4 aromatic rings. The fraction of sp³-hybridized carbons (Fsp3) is 0.0476. The van der Waals surface area contributed by atoms with Gasteiger partial charge in [-0.3, -0.25) is 4.79 Å². The third-order valence-corrected chi connectivity index (χ3v) is 4.29. The lowest BCUT2D eigenvalue weighted by Gasteiger charge is -1.99. The Morgan fingerprint density at radius 2 is 2.15 bits per heavy atom. The van der Waals surface area contributed by atoms with Gasteiger partial charge in [-0.15, -0.1) is 0 Å². The number of nitrogens with zero attached hydrogens (tertiary/aromatic N) is 1. The molecule has 6 heteroatoms. The lowest BCUT2D eigenvalue weighted by molar-refractivity contribution is 0.104. The second-order valence-electron chi connectivity index (χ2n) is 5.92. The van der Waals surface area contributed by atoms with Crippen LogP contribution < -0.4 is 4.74 Å². The number of fused-ring (bicyclic) bond motifs is 2. The zero-order chi connectivity index (χ0) is 19.0. The predicted octanol–water partition coefficient (Wildman–Crippen LogP) is 4.85. The van der Waals surface area contributed by atoms with Gasteiger partial charge in [0.05, 0.1) is 7.11 Å². The molecule has 0 radical (unpaired) electrons. The summed E-state index contributed by atoms with van der Waals surface area (Å²) >= 11 is 0. The smallest absolute Gasteiger partial charge is 0.205 e. The maximum Gasteiger partial charge on any atom is 0.205 e. The van der Waals surface area contributed by atoms with E-state index in [0.717, 1.165) is 5.39 Å². The minimum Gasteiger partial charge on any atom is -0.493 e. The van der Waals surface area contributed by atoms with Crippen molar-refractivity contribution in [2.75, 3.05) is 7.11 Å². The zero-order valence-electron chi connectivity index (χ0n) is 14.2. The summed E-state index contributed by atoms with van der Waals surface area (Å²) in [6, 6.07) is 13.2. The van der Waals surface area contributed by atoms with Crippen LogP contribution in [0.3, 0.4) is 0 Å². The van der Waals surface area contributed by atoms with Crippen LogP contribution in [0.1, 0.15) is 16.1 Å². The molecule has 0 saturated carbocycles. The number of aromatic amines is 1. The Morgan fingerprint density at radius 1 is 1.30 bits per heavy atom. The van der Waals surface area contributed by atoms with Crippen LogP contribution in [0.5, 0.6) is 5.75 Å². The molecule has 2 heterocycles. The van der Waals surface area contributed by atoms with Crippen molar-refractivity contribution in [3.05, 3.63) is 71.4 Å². The van der Waals surface area contributed by atoms with Gasteiger partial charge in [0, 0.05) is 34.1 Å². The largest absolute Gasteiger partial charge is 0.493 e. The number of hydrogen-bond donors (Lipinski definition) is 1. The fourth-order valence-electron chi connectivity index (χ4n) is 3.01. The number of furan rings is 1. The molecule has 4 rings (SSSR count). The average Bonchev–Trinajstić information content (AvgIpc) is 3.28. The Balaban J connectivity index is 1.77. The zero-order valence-corrected chi connectivity index (χ0v) is 14.2. The number of methoxy groups -OCH3 is 1. The molecule has 5 nitrogen and oxygen atoms in total. The van der Waals surface area contributed by atoms with Gasteiger partial charge in [0.2, 0.25) is 5.78 Å². The van der Waals surface area contributed by atoms with Crippen LogP contribution >= 0.6 is 0 Å². The number of carbonyl (C=O) groups is 1. The summed E-state index contributed by atoms with van der Waals surface area (Å²) in [6.45, 7) is 0. The first-order chi connectivity index (χ1) is 13.1. The predicted molar refractivity (Wildman–Crippen MR) is 98.9 cm³/mol. The lowest BCUT2D eigenvalue weighted by Crippen LogP contribution is -2.00. The SMILES string of the molecule is COc1cccc2cc(/C=C(\C#N)C(=O)c3c[nH]c4cc(F)ccc34)oc12. The van der Waals surface area contributed by atoms with Gasteiger partial charge in [0.25, 0.3) is 0 Å². The van der Waals surface area contributed by atoms with Crippen molar-refractivity contribution in [1.29, 1.82) is 5.26 Å². The topological polar surface area (TPSA) is 79.0 Å². The van der Waals surface area contributed by atoms with Gasteiger partial charge in [-0.2, -0.15) is 5.26 Å². The summed E-state index contributed by atoms with van der Waals surface area (Å²) in [5.41, 5.74) is 1.24. The van der Waals surface area contributed by atoms with Gasteiger partial charge >= 0.3 is 0 Å². The van der Waals surface area contributed by atoms with Gasteiger partial charge in [-0.05, 0) is 30.3 Å². The van der Waals surface area contributed by atoms with Crippen LogP contribution in [-0.2, 0) is 0 Å². The van der Waals surface area contributed by atoms with E-state index in [1.165, 1.54) is 37.6 Å². The second kappa shape index (κ2) is 6.46. The van der Waals surface area contributed by atoms with E-state index in [-0.39, 0.29) is 5.57 Å². The van der Waals surface area contributed by atoms with Crippen molar-refractivity contribution in [3.8, 4) is 11.8 Å². The van der Waals surface area contributed by atoms with Crippen molar-refractivity contribution in [2.24, 2.45) is 0 Å². The van der Waals surface area contributed by atoms with Crippen LogP contribution in [0.4, 0.5) is 4.39 Å². The van der Waals surface area contributed by atoms with Gasteiger partial charge in [0.15, 0.2) is 11.3 Å². The van der Waals surface area contributed by atoms with Crippen molar-refractivity contribution < 1.29 is 18.3 Å². The third kappa shape index (κ3) is 2.85. The number of rotatable bonds is 4. The Kier molecular flexibility index (Phi) is 3.98. The summed E-state index contributed by atoms with van der Waals surface area (Å²) < 4.78 is 24.3. The number of ether oxygens (including phenoxy) is 1. The highest BCUT2D eigenvalue weighted by molar-refractivity contribution is 6.19. The molecule has 0 aliphatic heterocycles. The van der Waals surface area contributed by atoms with E-state index in [0.29, 0.717) is 33.6 Å². The Labute approximate surface area is 153 Å². The number of aromatic nitrogens is 1. The highest BCUT2D eigenvalue weighted by atomic mass is 19.1. The van der Waals surface area contributed by atoms with Crippen molar-refractivity contribution in [3.63, 3.8) is 0 Å². The molecule has 0 aliphatic carbocycles. The van der Waals surface area contributed by atoms with E-state index >= 15 is 0 Å². The molecule has 0 bridgehead atoms. The number of carbonyl (C=O) groups excluding carboxylic acids is 1. The monoisotopic (exact) mass is 360 g/mol. The van der Waals surface area contributed by atoms with Crippen LogP contribution in [0.15, 0.2) is 58.7 Å². The molecule has 2 aromatic heterocycles. The molecule has 132 valence electrons. The summed E-state index contributed by atoms with van der Waals surface area (Å²) in [4.78, 5) is 15.7. The molecule has 0 aliphatic rings. The maximum atomic E-state index is 13.3. The molecule has 0 spiro atoms. The van der Waals surface area contributed by atoms with E-state index < -0.39 is 11.6 Å². The standard InChI is InChI=1S/C21H13FN2O3/c1-26-19-4-2-3-12-7-15(27-21(12)19)8-13(10-23)20(25)17-11-24-18-9-14(22)5-6-16(17)18/h2-9,11,24H,1H3/b13-8+. The van der Waals surface area contributed by atoms with E-state index in [4.69, 9.17) is 9.15 Å². The highest BCUT2D eigenvalue weighted by Crippen LogP contribution is 2.30. The number of halogens is 1. The first kappa shape index (κ1) is 16.6. The molecular weight excluding hydrogens is 347 g/mol. The number of benzene rings is 2. The summed E-state index contributed by atoms with van der Waals surface area (Å²) in [5.74, 6) is 0.0549. The van der Waals surface area contributed by atoms with Crippen molar-refractivity contribution >= 4 is 33.7 Å². The van der Waals surface area contributed by atoms with E-state index in [1.54, 1.807) is 12.1 Å². The minimum atomic E-state index is -0.470. The van der Waals surface area contributed by atoms with Crippen LogP contribution in [0, 0.1) is 17.1 Å². The van der Waals surface area contributed by atoms with Gasteiger partial charge in [0.1, 0.15) is 23.2 Å². The van der Waals surface area contributed by atoms with Crippen molar-refractivity contribution in [1.82, 2.24) is 4.98 Å². The number of allylic oxidation sites excluding steroid dienone is 1. The molecule has 27 heavy (non-hydrogen) atoms. The summed E-state index contributed by atoms with van der Waals surface area (Å²) in [7, 11) is 1.54. The molecule has 0 unspecified atom stereocenters. The fourth-order valence-corrected chi connectivity index (χ4v) is 3.01. The summed E-state index contributed by atoms with van der Waals surface area (Å²) in [5, 5.41) is 10.8. The van der Waals surface area contributed by atoms with E-state index in [9.17, 15) is 14.4 Å². The molecule has 0 saturated heterocycles. The van der Waals surface area contributed by atoms with Crippen LogP contribution in [-0.4, -0.2) is 17.9 Å². The number of para-hydroxylation sites is 1. The number of nitriles is 1.